The molecule has 0 saturated heterocycles. The van der Waals surface area contributed by atoms with Crippen LogP contribution >= 0.6 is 0 Å². The average molecular weight is 293 g/mol. The Kier molecular flexibility index (Phi) is 8.20. The van der Waals surface area contributed by atoms with Gasteiger partial charge in [-0.2, -0.15) is 0 Å². The predicted octanol–water partition coefficient (Wildman–Crippen LogP) is -0.451. The van der Waals surface area contributed by atoms with E-state index >= 15 is 0 Å². The molecule has 0 aromatic rings. The van der Waals surface area contributed by atoms with Gasteiger partial charge in [-0.25, -0.2) is 8.42 Å². The molecule has 0 aromatic carbocycles. The van der Waals surface area contributed by atoms with E-state index in [2.05, 4.69) is 0 Å². The van der Waals surface area contributed by atoms with Crippen LogP contribution in [-0.4, -0.2) is 75.4 Å². The van der Waals surface area contributed by atoms with E-state index in [9.17, 15) is 13.2 Å². The summed E-state index contributed by atoms with van der Waals surface area (Å²) in [5.74, 6) is 0.145. The van der Waals surface area contributed by atoms with Gasteiger partial charge in [0.15, 0.2) is 0 Å². The Hall–Kier alpha value is -0.660. The SMILES string of the molecule is CCN(CC)C(=O)CC(CN)N(C)CCS(C)(=O)=O. The first-order valence-corrected chi connectivity index (χ1v) is 8.67. The number of sulfone groups is 1. The summed E-state index contributed by atoms with van der Waals surface area (Å²) in [5, 5.41) is 0. The summed E-state index contributed by atoms with van der Waals surface area (Å²) in [7, 11) is -1.19. The van der Waals surface area contributed by atoms with Gasteiger partial charge in [0.05, 0.1) is 5.75 Å². The topological polar surface area (TPSA) is 83.7 Å². The highest BCUT2D eigenvalue weighted by atomic mass is 32.2. The van der Waals surface area contributed by atoms with Gasteiger partial charge in [0.1, 0.15) is 9.84 Å². The van der Waals surface area contributed by atoms with Gasteiger partial charge in [0, 0.05) is 44.9 Å². The van der Waals surface area contributed by atoms with Crippen LogP contribution in [-0.2, 0) is 14.6 Å². The minimum absolute atomic E-state index is 0.0617. The van der Waals surface area contributed by atoms with Gasteiger partial charge in [-0.15, -0.1) is 0 Å². The molecule has 0 rings (SSSR count). The van der Waals surface area contributed by atoms with Crippen LogP contribution in [0.5, 0.6) is 0 Å². The van der Waals surface area contributed by atoms with Gasteiger partial charge in [0.25, 0.3) is 0 Å². The van der Waals surface area contributed by atoms with Crippen LogP contribution in [0.25, 0.3) is 0 Å². The molecule has 0 saturated carbocycles. The van der Waals surface area contributed by atoms with Gasteiger partial charge >= 0.3 is 0 Å². The molecule has 0 bridgehead atoms. The Morgan fingerprint density at radius 3 is 2.16 bits per heavy atom. The van der Waals surface area contributed by atoms with Gasteiger partial charge in [-0.3, -0.25) is 4.79 Å². The van der Waals surface area contributed by atoms with Crippen molar-refractivity contribution in [3.8, 4) is 0 Å². The van der Waals surface area contributed by atoms with Gasteiger partial charge in [0.2, 0.25) is 5.91 Å². The molecule has 1 amide bonds. The molecule has 114 valence electrons. The van der Waals surface area contributed by atoms with E-state index in [1.165, 1.54) is 6.26 Å². The molecule has 0 radical (unpaired) electrons. The fourth-order valence-corrected chi connectivity index (χ4v) is 2.44. The van der Waals surface area contributed by atoms with Crippen molar-refractivity contribution in [2.45, 2.75) is 26.3 Å². The van der Waals surface area contributed by atoms with Crippen molar-refractivity contribution < 1.29 is 13.2 Å². The molecule has 0 spiro atoms. The van der Waals surface area contributed by atoms with Crippen LogP contribution in [0.2, 0.25) is 0 Å². The number of hydrogen-bond acceptors (Lipinski definition) is 5. The molecular weight excluding hydrogens is 266 g/mol. The minimum atomic E-state index is -2.99. The predicted molar refractivity (Wildman–Crippen MR) is 77.7 cm³/mol. The van der Waals surface area contributed by atoms with Crippen molar-refractivity contribution in [3.63, 3.8) is 0 Å². The van der Waals surface area contributed by atoms with Crippen molar-refractivity contribution in [1.29, 1.82) is 0 Å². The Bertz CT molecular complexity index is 366. The van der Waals surface area contributed by atoms with Crippen LogP contribution in [0.1, 0.15) is 20.3 Å². The lowest BCUT2D eigenvalue weighted by molar-refractivity contribution is -0.132. The summed E-state index contributed by atoms with van der Waals surface area (Å²) in [4.78, 5) is 15.6. The van der Waals surface area contributed by atoms with E-state index in [0.29, 0.717) is 32.6 Å². The molecule has 0 aromatic heterocycles. The van der Waals surface area contributed by atoms with E-state index in [0.717, 1.165) is 0 Å². The number of carbonyl (C=O) groups excluding carboxylic acids is 1. The molecule has 0 aliphatic carbocycles. The minimum Gasteiger partial charge on any atom is -0.343 e. The standard InChI is InChI=1S/C12H27N3O3S/c1-5-15(6-2)12(16)9-11(10-13)14(3)7-8-19(4,17)18/h11H,5-10,13H2,1-4H3. The van der Waals surface area contributed by atoms with Crippen molar-refractivity contribution in [1.82, 2.24) is 9.80 Å². The summed E-state index contributed by atoms with van der Waals surface area (Å²) >= 11 is 0. The molecule has 7 heteroatoms. The first-order chi connectivity index (χ1) is 8.75. The molecule has 0 aliphatic rings. The van der Waals surface area contributed by atoms with Crippen molar-refractivity contribution in [2.75, 3.05) is 45.2 Å². The molecular formula is C12H27N3O3S. The fraction of sp³-hybridized carbons (Fsp3) is 0.917. The number of nitrogens with two attached hydrogens (primary N) is 1. The molecule has 2 N–H and O–H groups in total. The number of carbonyl (C=O) groups is 1. The summed E-state index contributed by atoms with van der Waals surface area (Å²) < 4.78 is 22.3. The maximum absolute atomic E-state index is 12.0. The summed E-state index contributed by atoms with van der Waals surface area (Å²) in [6.07, 6.45) is 1.54. The molecule has 0 aliphatic heterocycles. The van der Waals surface area contributed by atoms with E-state index in [4.69, 9.17) is 5.73 Å². The van der Waals surface area contributed by atoms with Gasteiger partial charge in [-0.1, -0.05) is 0 Å². The van der Waals surface area contributed by atoms with Crippen LogP contribution < -0.4 is 5.73 Å². The lowest BCUT2D eigenvalue weighted by atomic mass is 10.1. The second kappa shape index (κ2) is 8.50. The number of rotatable bonds is 9. The molecule has 6 nitrogen and oxygen atoms in total. The molecule has 1 unspecified atom stereocenters. The zero-order valence-corrected chi connectivity index (χ0v) is 13.2. The van der Waals surface area contributed by atoms with E-state index < -0.39 is 9.84 Å². The van der Waals surface area contributed by atoms with Gasteiger partial charge in [-0.05, 0) is 20.9 Å². The highest BCUT2D eigenvalue weighted by Crippen LogP contribution is 2.05. The third-order valence-corrected chi connectivity index (χ3v) is 4.16. The highest BCUT2D eigenvalue weighted by molar-refractivity contribution is 7.90. The Morgan fingerprint density at radius 1 is 1.26 bits per heavy atom. The lowest BCUT2D eigenvalue weighted by Gasteiger charge is -2.28. The summed E-state index contributed by atoms with van der Waals surface area (Å²) in [6, 6.07) is -0.116. The number of likely N-dealkylation sites (N-methyl/N-ethyl adjacent to an activating group) is 1. The van der Waals surface area contributed by atoms with Crippen molar-refractivity contribution >= 4 is 15.7 Å². The molecule has 0 fully saturated rings. The third-order valence-electron chi connectivity index (χ3n) is 3.24. The van der Waals surface area contributed by atoms with Crippen LogP contribution in [0.3, 0.4) is 0 Å². The van der Waals surface area contributed by atoms with Crippen LogP contribution in [0.4, 0.5) is 0 Å². The van der Waals surface area contributed by atoms with Crippen LogP contribution in [0.15, 0.2) is 0 Å². The fourth-order valence-electron chi connectivity index (χ4n) is 1.82. The molecule has 1 atom stereocenters. The third kappa shape index (κ3) is 7.49. The highest BCUT2D eigenvalue weighted by Gasteiger charge is 2.20. The monoisotopic (exact) mass is 293 g/mol. The normalized spacial score (nSPS) is 13.6. The second-order valence-electron chi connectivity index (χ2n) is 4.77. The lowest BCUT2D eigenvalue weighted by Crippen LogP contribution is -2.44. The largest absolute Gasteiger partial charge is 0.343 e. The van der Waals surface area contributed by atoms with E-state index in [1.54, 1.807) is 11.9 Å². The summed E-state index contributed by atoms with van der Waals surface area (Å²) in [5.41, 5.74) is 5.68. The Morgan fingerprint density at radius 2 is 1.79 bits per heavy atom. The van der Waals surface area contributed by atoms with Gasteiger partial charge < -0.3 is 15.5 Å². The average Bonchev–Trinajstić information content (AvgIpc) is 2.33. The van der Waals surface area contributed by atoms with Crippen molar-refractivity contribution in [3.05, 3.63) is 0 Å². The zero-order valence-electron chi connectivity index (χ0n) is 12.4. The Balaban J connectivity index is 4.44. The number of hydrogen-bond donors (Lipinski definition) is 1. The molecule has 19 heavy (non-hydrogen) atoms. The Labute approximate surface area is 116 Å². The first kappa shape index (κ1) is 18.3. The number of nitrogens with zero attached hydrogens (tertiary/aromatic N) is 2. The maximum atomic E-state index is 12.0. The maximum Gasteiger partial charge on any atom is 0.224 e. The first-order valence-electron chi connectivity index (χ1n) is 6.60. The van der Waals surface area contributed by atoms with E-state index in [1.807, 2.05) is 18.7 Å². The number of amides is 1. The molecule has 0 heterocycles. The zero-order chi connectivity index (χ0) is 15.1. The van der Waals surface area contributed by atoms with Crippen LogP contribution in [0, 0.1) is 0 Å². The second-order valence-corrected chi connectivity index (χ2v) is 7.03. The summed E-state index contributed by atoms with van der Waals surface area (Å²) in [6.45, 7) is 5.97. The smallest absolute Gasteiger partial charge is 0.224 e. The quantitative estimate of drug-likeness (QED) is 0.622. The van der Waals surface area contributed by atoms with Crippen molar-refractivity contribution in [2.24, 2.45) is 5.73 Å². The van der Waals surface area contributed by atoms with E-state index in [-0.39, 0.29) is 17.7 Å².